The van der Waals surface area contributed by atoms with Crippen LogP contribution in [0.4, 0.5) is 5.69 Å². The molecule has 0 unspecified atom stereocenters. The molecule has 2 N–H and O–H groups in total. The molecule has 0 spiro atoms. The predicted molar refractivity (Wildman–Crippen MR) is 87.4 cm³/mol. The van der Waals surface area contributed by atoms with Crippen molar-refractivity contribution >= 4 is 26.6 Å². The third-order valence-corrected chi connectivity index (χ3v) is 4.69. The van der Waals surface area contributed by atoms with E-state index in [9.17, 15) is 8.42 Å². The van der Waals surface area contributed by atoms with Crippen LogP contribution in [0.15, 0.2) is 65.6 Å². The highest BCUT2D eigenvalue weighted by molar-refractivity contribution is 7.87. The van der Waals surface area contributed by atoms with Gasteiger partial charge in [0.25, 0.3) is 0 Å². The molecule has 0 fully saturated rings. The number of rotatable bonds is 3. The van der Waals surface area contributed by atoms with E-state index in [0.717, 1.165) is 10.9 Å². The molecular weight excluding hydrogens is 298 g/mol. The lowest BCUT2D eigenvalue weighted by Crippen LogP contribution is -2.11. The number of nitrogen functional groups attached to an aromatic ring is 1. The molecule has 3 aromatic carbocycles. The largest absolute Gasteiger partial charge is 0.398 e. The Labute approximate surface area is 129 Å². The van der Waals surface area contributed by atoms with Gasteiger partial charge in [-0.1, -0.05) is 42.0 Å². The molecule has 0 saturated carbocycles. The Bertz CT molecular complexity index is 927. The van der Waals surface area contributed by atoms with E-state index in [0.29, 0.717) is 11.1 Å². The summed E-state index contributed by atoms with van der Waals surface area (Å²) in [7, 11) is -3.96. The average molecular weight is 313 g/mol. The molecule has 0 aromatic heterocycles. The molecule has 0 aliphatic carbocycles. The van der Waals surface area contributed by atoms with Crippen molar-refractivity contribution < 1.29 is 12.6 Å². The van der Waals surface area contributed by atoms with Gasteiger partial charge in [0.1, 0.15) is 10.6 Å². The van der Waals surface area contributed by atoms with E-state index in [1.54, 1.807) is 42.5 Å². The molecule has 3 aromatic rings. The number of aryl methyl sites for hydroxylation is 1. The van der Waals surface area contributed by atoms with Crippen molar-refractivity contribution in [3.05, 3.63) is 66.2 Å². The monoisotopic (exact) mass is 313 g/mol. The highest BCUT2D eigenvalue weighted by atomic mass is 32.2. The predicted octanol–water partition coefficient (Wildman–Crippen LogP) is 3.50. The lowest BCUT2D eigenvalue weighted by Gasteiger charge is -2.11. The molecule has 0 radical (unpaired) electrons. The van der Waals surface area contributed by atoms with Gasteiger partial charge in [0.05, 0.1) is 0 Å². The van der Waals surface area contributed by atoms with Crippen LogP contribution in [-0.2, 0) is 10.1 Å². The Morgan fingerprint density at radius 2 is 1.55 bits per heavy atom. The molecule has 3 rings (SSSR count). The van der Waals surface area contributed by atoms with Crippen molar-refractivity contribution in [1.82, 2.24) is 0 Å². The van der Waals surface area contributed by atoms with Crippen molar-refractivity contribution in [2.24, 2.45) is 0 Å². The minimum atomic E-state index is -3.96. The van der Waals surface area contributed by atoms with E-state index in [4.69, 9.17) is 9.92 Å². The zero-order valence-corrected chi connectivity index (χ0v) is 12.8. The zero-order chi connectivity index (χ0) is 15.7. The molecule has 0 aliphatic heterocycles. The Morgan fingerprint density at radius 3 is 2.23 bits per heavy atom. The van der Waals surface area contributed by atoms with Crippen molar-refractivity contribution in [3.63, 3.8) is 0 Å². The van der Waals surface area contributed by atoms with Gasteiger partial charge in [-0.05, 0) is 36.6 Å². The van der Waals surface area contributed by atoms with Gasteiger partial charge in [0.2, 0.25) is 0 Å². The lowest BCUT2D eigenvalue weighted by atomic mass is 10.1. The minimum absolute atomic E-state index is 0.0728. The molecule has 22 heavy (non-hydrogen) atoms. The molecule has 4 nitrogen and oxygen atoms in total. The second kappa shape index (κ2) is 5.35. The summed E-state index contributed by atoms with van der Waals surface area (Å²) in [5.74, 6) is 0.275. The average Bonchev–Trinajstić information content (AvgIpc) is 2.49. The van der Waals surface area contributed by atoms with Crippen LogP contribution in [0.3, 0.4) is 0 Å². The summed E-state index contributed by atoms with van der Waals surface area (Å²) in [6, 6.07) is 17.1. The highest BCUT2D eigenvalue weighted by Crippen LogP contribution is 2.30. The van der Waals surface area contributed by atoms with Gasteiger partial charge in [-0.2, -0.15) is 8.42 Å². The quantitative estimate of drug-likeness (QED) is 0.593. The second-order valence-electron chi connectivity index (χ2n) is 5.05. The maximum atomic E-state index is 12.6. The van der Waals surface area contributed by atoms with Crippen molar-refractivity contribution in [2.45, 2.75) is 11.8 Å². The van der Waals surface area contributed by atoms with Crippen molar-refractivity contribution in [3.8, 4) is 5.75 Å². The summed E-state index contributed by atoms with van der Waals surface area (Å²) in [4.78, 5) is 0.0728. The maximum absolute atomic E-state index is 12.6. The van der Waals surface area contributed by atoms with Gasteiger partial charge in [-0.25, -0.2) is 0 Å². The Morgan fingerprint density at radius 1 is 0.909 bits per heavy atom. The first-order chi connectivity index (χ1) is 10.5. The fourth-order valence-electron chi connectivity index (χ4n) is 2.31. The van der Waals surface area contributed by atoms with E-state index in [1.807, 2.05) is 19.1 Å². The Kier molecular flexibility index (Phi) is 3.50. The standard InChI is InChI=1S/C17H15NO3S/c1-12-8-10-14(11-9-12)21-22(19,20)16-7-3-5-13-4-2-6-15(18)17(13)16/h2-11H,18H2,1H3. The number of nitrogens with two attached hydrogens (primary N) is 1. The first kappa shape index (κ1) is 14.4. The first-order valence-corrected chi connectivity index (χ1v) is 8.16. The smallest absolute Gasteiger partial charge is 0.339 e. The van der Waals surface area contributed by atoms with Crippen LogP contribution >= 0.6 is 0 Å². The van der Waals surface area contributed by atoms with Crippen LogP contribution < -0.4 is 9.92 Å². The summed E-state index contributed by atoms with van der Waals surface area (Å²) in [6.07, 6.45) is 0. The van der Waals surface area contributed by atoms with Gasteiger partial charge in [-0.3, -0.25) is 0 Å². The van der Waals surface area contributed by atoms with Crippen LogP contribution in [0.25, 0.3) is 10.8 Å². The Hall–Kier alpha value is -2.53. The number of hydrogen-bond donors (Lipinski definition) is 1. The number of hydrogen-bond acceptors (Lipinski definition) is 4. The van der Waals surface area contributed by atoms with Gasteiger partial charge in [-0.15, -0.1) is 0 Å². The van der Waals surface area contributed by atoms with Crippen LogP contribution in [-0.4, -0.2) is 8.42 Å². The normalized spacial score (nSPS) is 11.5. The third-order valence-electron chi connectivity index (χ3n) is 3.39. The topological polar surface area (TPSA) is 69.4 Å². The molecule has 0 aliphatic rings. The van der Waals surface area contributed by atoms with E-state index in [2.05, 4.69) is 0 Å². The molecule has 5 heteroatoms. The van der Waals surface area contributed by atoms with E-state index < -0.39 is 10.1 Å². The lowest BCUT2D eigenvalue weighted by molar-refractivity contribution is 0.487. The van der Waals surface area contributed by atoms with Gasteiger partial charge in [0, 0.05) is 11.1 Å². The summed E-state index contributed by atoms with van der Waals surface area (Å²) in [5.41, 5.74) is 7.38. The number of anilines is 1. The van der Waals surface area contributed by atoms with Crippen LogP contribution in [0.1, 0.15) is 5.56 Å². The van der Waals surface area contributed by atoms with Crippen molar-refractivity contribution in [1.29, 1.82) is 0 Å². The van der Waals surface area contributed by atoms with Gasteiger partial charge >= 0.3 is 10.1 Å². The minimum Gasteiger partial charge on any atom is -0.398 e. The number of fused-ring (bicyclic) bond motifs is 1. The highest BCUT2D eigenvalue weighted by Gasteiger charge is 2.20. The fourth-order valence-corrected chi connectivity index (χ4v) is 3.49. The fraction of sp³-hybridized carbons (Fsp3) is 0.0588. The van der Waals surface area contributed by atoms with E-state index >= 15 is 0 Å². The van der Waals surface area contributed by atoms with Gasteiger partial charge < -0.3 is 9.92 Å². The molecule has 0 atom stereocenters. The molecule has 0 amide bonds. The second-order valence-corrected chi connectivity index (χ2v) is 6.57. The number of benzene rings is 3. The summed E-state index contributed by atoms with van der Waals surface area (Å²) < 4.78 is 30.4. The maximum Gasteiger partial charge on any atom is 0.339 e. The summed E-state index contributed by atoms with van der Waals surface area (Å²) in [5, 5.41) is 1.24. The van der Waals surface area contributed by atoms with Crippen LogP contribution in [0, 0.1) is 6.92 Å². The molecule has 0 heterocycles. The Balaban J connectivity index is 2.11. The van der Waals surface area contributed by atoms with E-state index in [1.165, 1.54) is 6.07 Å². The molecular formula is C17H15NO3S. The van der Waals surface area contributed by atoms with Crippen LogP contribution in [0.2, 0.25) is 0 Å². The summed E-state index contributed by atoms with van der Waals surface area (Å²) in [6.45, 7) is 1.92. The molecule has 0 saturated heterocycles. The van der Waals surface area contributed by atoms with Crippen molar-refractivity contribution in [2.75, 3.05) is 5.73 Å². The first-order valence-electron chi connectivity index (χ1n) is 6.76. The summed E-state index contributed by atoms with van der Waals surface area (Å²) >= 11 is 0. The van der Waals surface area contributed by atoms with Gasteiger partial charge in [0.15, 0.2) is 0 Å². The SMILES string of the molecule is Cc1ccc(OS(=O)(=O)c2cccc3cccc(N)c23)cc1. The van der Waals surface area contributed by atoms with Crippen LogP contribution in [0.5, 0.6) is 5.75 Å². The van der Waals surface area contributed by atoms with E-state index in [-0.39, 0.29) is 10.6 Å². The zero-order valence-electron chi connectivity index (χ0n) is 12.0. The third kappa shape index (κ3) is 2.63. The molecule has 112 valence electrons. The molecule has 0 bridgehead atoms.